The van der Waals surface area contributed by atoms with E-state index in [1.165, 1.54) is 7.11 Å². The average molecular weight is 284 g/mol. The van der Waals surface area contributed by atoms with Crippen LogP contribution in [-0.2, 0) is 16.1 Å². The fourth-order valence-corrected chi connectivity index (χ4v) is 2.20. The molecule has 2 unspecified atom stereocenters. The number of carboxylic acid groups (broad SMARTS) is 1. The number of rotatable bonds is 5. The number of benzene rings is 1. The highest BCUT2D eigenvalue weighted by Crippen LogP contribution is 2.38. The summed E-state index contributed by atoms with van der Waals surface area (Å²) in [5.74, 6) is -1.55. The van der Waals surface area contributed by atoms with E-state index >= 15 is 0 Å². The van der Waals surface area contributed by atoms with Gasteiger partial charge in [-0.3, -0.25) is 9.59 Å². The molecule has 2 N–H and O–H groups in total. The second-order valence-corrected chi connectivity index (χ2v) is 4.83. The zero-order valence-electron chi connectivity index (χ0n) is 10.4. The SMILES string of the molecule is COc1cccc(Cl)c1CNC(=O)C1CC1C(=O)O. The number of nitrogens with one attached hydrogen (secondary N) is 1. The van der Waals surface area contributed by atoms with Crippen molar-refractivity contribution in [3.63, 3.8) is 0 Å². The van der Waals surface area contributed by atoms with Crippen LogP contribution in [0.1, 0.15) is 12.0 Å². The second kappa shape index (κ2) is 5.48. The Balaban J connectivity index is 1.96. The summed E-state index contributed by atoms with van der Waals surface area (Å²) in [5.41, 5.74) is 0.688. The maximum atomic E-state index is 11.7. The molecule has 102 valence electrons. The van der Waals surface area contributed by atoms with Crippen molar-refractivity contribution < 1.29 is 19.4 Å². The number of carbonyl (C=O) groups excluding carboxylic acids is 1. The predicted octanol–water partition coefficient (Wildman–Crippen LogP) is 1.69. The van der Waals surface area contributed by atoms with Gasteiger partial charge in [0.15, 0.2) is 0 Å². The molecule has 0 saturated heterocycles. The molecule has 19 heavy (non-hydrogen) atoms. The smallest absolute Gasteiger partial charge is 0.307 e. The van der Waals surface area contributed by atoms with Crippen LogP contribution in [0.2, 0.25) is 5.02 Å². The Kier molecular flexibility index (Phi) is 3.95. The van der Waals surface area contributed by atoms with Crippen LogP contribution in [0, 0.1) is 11.8 Å². The molecule has 0 aromatic heterocycles. The fraction of sp³-hybridized carbons (Fsp3) is 0.385. The summed E-state index contributed by atoms with van der Waals surface area (Å²) < 4.78 is 5.16. The third-order valence-corrected chi connectivity index (χ3v) is 3.53. The maximum absolute atomic E-state index is 11.7. The van der Waals surface area contributed by atoms with E-state index in [1.807, 2.05) is 0 Å². The first-order valence-corrected chi connectivity index (χ1v) is 6.24. The third kappa shape index (κ3) is 2.98. The monoisotopic (exact) mass is 283 g/mol. The zero-order valence-corrected chi connectivity index (χ0v) is 11.1. The summed E-state index contributed by atoms with van der Waals surface area (Å²) in [6, 6.07) is 5.22. The number of halogens is 1. The molecule has 1 aromatic rings. The Morgan fingerprint density at radius 3 is 2.79 bits per heavy atom. The third-order valence-electron chi connectivity index (χ3n) is 3.18. The van der Waals surface area contributed by atoms with Gasteiger partial charge in [-0.1, -0.05) is 17.7 Å². The molecule has 5 nitrogen and oxygen atoms in total. The van der Waals surface area contributed by atoms with Gasteiger partial charge in [-0.25, -0.2) is 0 Å². The Hall–Kier alpha value is -1.75. The van der Waals surface area contributed by atoms with Crippen molar-refractivity contribution in [2.45, 2.75) is 13.0 Å². The van der Waals surface area contributed by atoms with Crippen LogP contribution < -0.4 is 10.1 Å². The van der Waals surface area contributed by atoms with Crippen molar-refractivity contribution in [2.75, 3.05) is 7.11 Å². The van der Waals surface area contributed by atoms with E-state index < -0.39 is 17.8 Å². The lowest BCUT2D eigenvalue weighted by molar-refractivity contribution is -0.140. The van der Waals surface area contributed by atoms with Crippen molar-refractivity contribution in [1.82, 2.24) is 5.32 Å². The van der Waals surface area contributed by atoms with Crippen molar-refractivity contribution >= 4 is 23.5 Å². The van der Waals surface area contributed by atoms with Crippen LogP contribution in [0.4, 0.5) is 0 Å². The molecule has 1 aliphatic carbocycles. The summed E-state index contributed by atoms with van der Waals surface area (Å²) >= 11 is 6.04. The van der Waals surface area contributed by atoms with Gasteiger partial charge in [0, 0.05) is 17.1 Å². The molecule has 0 radical (unpaired) electrons. The first-order valence-electron chi connectivity index (χ1n) is 5.86. The van der Waals surface area contributed by atoms with E-state index in [-0.39, 0.29) is 12.5 Å². The highest BCUT2D eigenvalue weighted by molar-refractivity contribution is 6.31. The van der Waals surface area contributed by atoms with Crippen LogP contribution in [0.15, 0.2) is 18.2 Å². The van der Waals surface area contributed by atoms with Crippen LogP contribution in [-0.4, -0.2) is 24.1 Å². The fourth-order valence-electron chi connectivity index (χ4n) is 1.97. The quantitative estimate of drug-likeness (QED) is 0.862. The summed E-state index contributed by atoms with van der Waals surface area (Å²) in [7, 11) is 1.53. The number of carbonyl (C=O) groups is 2. The lowest BCUT2D eigenvalue weighted by Crippen LogP contribution is -2.26. The first kappa shape index (κ1) is 13.7. The molecule has 2 atom stereocenters. The molecule has 1 aliphatic rings. The summed E-state index contributed by atoms with van der Waals surface area (Å²) in [4.78, 5) is 22.4. The highest BCUT2D eigenvalue weighted by atomic mass is 35.5. The van der Waals surface area contributed by atoms with Crippen molar-refractivity contribution in [2.24, 2.45) is 11.8 Å². The Bertz CT molecular complexity index is 517. The number of hydrogen-bond donors (Lipinski definition) is 2. The average Bonchev–Trinajstić information content (AvgIpc) is 3.17. The lowest BCUT2D eigenvalue weighted by Gasteiger charge is -2.11. The first-order chi connectivity index (χ1) is 9.04. The molecule has 1 fully saturated rings. The molecule has 2 rings (SSSR count). The van der Waals surface area contributed by atoms with Gasteiger partial charge >= 0.3 is 5.97 Å². The number of aliphatic carboxylic acids is 1. The van der Waals surface area contributed by atoms with Gasteiger partial charge in [-0.2, -0.15) is 0 Å². The van der Waals surface area contributed by atoms with Crippen molar-refractivity contribution in [1.29, 1.82) is 0 Å². The number of carboxylic acids is 1. The van der Waals surface area contributed by atoms with Crippen molar-refractivity contribution in [3.05, 3.63) is 28.8 Å². The van der Waals surface area contributed by atoms with E-state index in [4.69, 9.17) is 21.4 Å². The minimum atomic E-state index is -0.921. The minimum absolute atomic E-state index is 0.227. The van der Waals surface area contributed by atoms with Gasteiger partial charge in [0.1, 0.15) is 5.75 Å². The van der Waals surface area contributed by atoms with Gasteiger partial charge in [-0.15, -0.1) is 0 Å². The molecule has 1 aromatic carbocycles. The molecule has 0 bridgehead atoms. The minimum Gasteiger partial charge on any atom is -0.496 e. The normalized spacial score (nSPS) is 20.7. The zero-order chi connectivity index (χ0) is 14.0. The summed E-state index contributed by atoms with van der Waals surface area (Å²) in [6.45, 7) is 0.227. The topological polar surface area (TPSA) is 75.6 Å². The molecule has 0 aliphatic heterocycles. The number of amides is 1. The molecule has 0 heterocycles. The summed E-state index contributed by atoms with van der Waals surface area (Å²) in [6.07, 6.45) is 0.404. The van der Waals surface area contributed by atoms with Gasteiger partial charge in [0.2, 0.25) is 5.91 Å². The Morgan fingerprint density at radius 2 is 2.21 bits per heavy atom. The standard InChI is InChI=1S/C13H14ClNO4/c1-19-11-4-2-3-10(14)9(11)6-15-12(16)7-5-8(7)13(17)18/h2-4,7-8H,5-6H2,1H3,(H,15,16)(H,17,18). The second-order valence-electron chi connectivity index (χ2n) is 4.43. The van der Waals surface area contributed by atoms with Gasteiger partial charge in [-0.05, 0) is 18.6 Å². The molecule has 6 heteroatoms. The van der Waals surface area contributed by atoms with Crippen LogP contribution in [0.25, 0.3) is 0 Å². The largest absolute Gasteiger partial charge is 0.496 e. The van der Waals surface area contributed by atoms with Crippen LogP contribution in [0.3, 0.4) is 0 Å². The van der Waals surface area contributed by atoms with E-state index in [0.717, 1.165) is 0 Å². The van der Waals surface area contributed by atoms with Crippen LogP contribution in [0.5, 0.6) is 5.75 Å². The number of ether oxygens (including phenoxy) is 1. The van der Waals surface area contributed by atoms with Gasteiger partial charge in [0.25, 0.3) is 0 Å². The highest BCUT2D eigenvalue weighted by Gasteiger charge is 2.48. The molecule has 1 saturated carbocycles. The van der Waals surface area contributed by atoms with E-state index in [1.54, 1.807) is 18.2 Å². The molecule has 1 amide bonds. The molecular weight excluding hydrogens is 270 g/mol. The number of hydrogen-bond acceptors (Lipinski definition) is 3. The van der Waals surface area contributed by atoms with Gasteiger partial charge in [0.05, 0.1) is 18.9 Å². The Labute approximate surface area is 115 Å². The lowest BCUT2D eigenvalue weighted by atomic mass is 10.2. The maximum Gasteiger partial charge on any atom is 0.307 e. The van der Waals surface area contributed by atoms with E-state index in [2.05, 4.69) is 5.32 Å². The predicted molar refractivity (Wildman–Crippen MR) is 69.1 cm³/mol. The summed E-state index contributed by atoms with van der Waals surface area (Å²) in [5, 5.41) is 12.0. The molecular formula is C13H14ClNO4. The van der Waals surface area contributed by atoms with Crippen molar-refractivity contribution in [3.8, 4) is 5.75 Å². The van der Waals surface area contributed by atoms with Crippen LogP contribution >= 0.6 is 11.6 Å². The Morgan fingerprint density at radius 1 is 1.47 bits per heavy atom. The van der Waals surface area contributed by atoms with E-state index in [9.17, 15) is 9.59 Å². The van der Waals surface area contributed by atoms with Gasteiger partial charge < -0.3 is 15.2 Å². The van der Waals surface area contributed by atoms with E-state index in [0.29, 0.717) is 22.8 Å². The number of methoxy groups -OCH3 is 1. The molecule has 0 spiro atoms.